The van der Waals surface area contributed by atoms with Crippen LogP contribution in [0.2, 0.25) is 0 Å². The number of rotatable bonds is 4. The van der Waals surface area contributed by atoms with Crippen molar-refractivity contribution in [2.75, 3.05) is 0 Å². The Hall–Kier alpha value is -2.72. The summed E-state index contributed by atoms with van der Waals surface area (Å²) in [5.74, 6) is -0.964. The summed E-state index contributed by atoms with van der Waals surface area (Å²) in [5.41, 5.74) is 2.81. The van der Waals surface area contributed by atoms with E-state index in [1.165, 1.54) is 11.3 Å². The van der Waals surface area contributed by atoms with Gasteiger partial charge in [-0.2, -0.15) is 0 Å². The Morgan fingerprint density at radius 2 is 1.55 bits per heavy atom. The highest BCUT2D eigenvalue weighted by atomic mass is 32.1. The van der Waals surface area contributed by atoms with E-state index in [2.05, 4.69) is 0 Å². The lowest BCUT2D eigenvalue weighted by atomic mass is 10.1. The van der Waals surface area contributed by atoms with Crippen LogP contribution in [-0.4, -0.2) is 16.1 Å². The van der Waals surface area contributed by atoms with E-state index in [0.29, 0.717) is 0 Å². The monoisotopic (exact) mass is 307 g/mol. The van der Waals surface area contributed by atoms with Crippen LogP contribution < -0.4 is 0 Å². The second-order valence-corrected chi connectivity index (χ2v) is 5.67. The SMILES string of the molecule is O=C(O)C=Cc1sc(-c2ccccc2)nc1-c1ccccc1. The molecule has 0 saturated heterocycles. The van der Waals surface area contributed by atoms with Crippen molar-refractivity contribution in [1.82, 2.24) is 4.98 Å². The van der Waals surface area contributed by atoms with E-state index in [1.54, 1.807) is 6.08 Å². The van der Waals surface area contributed by atoms with Crippen molar-refractivity contribution < 1.29 is 9.90 Å². The second-order valence-electron chi connectivity index (χ2n) is 4.64. The first-order valence-corrected chi connectivity index (χ1v) is 7.58. The highest BCUT2D eigenvalue weighted by Gasteiger charge is 2.12. The zero-order chi connectivity index (χ0) is 15.4. The van der Waals surface area contributed by atoms with Gasteiger partial charge in [-0.1, -0.05) is 60.7 Å². The molecule has 3 aromatic rings. The molecule has 0 saturated carbocycles. The Morgan fingerprint density at radius 3 is 2.14 bits per heavy atom. The highest BCUT2D eigenvalue weighted by molar-refractivity contribution is 7.16. The van der Waals surface area contributed by atoms with Gasteiger partial charge < -0.3 is 5.11 Å². The third-order valence-electron chi connectivity index (χ3n) is 3.10. The zero-order valence-electron chi connectivity index (χ0n) is 11.6. The molecule has 2 aromatic carbocycles. The summed E-state index contributed by atoms with van der Waals surface area (Å²) in [7, 11) is 0. The molecule has 0 radical (unpaired) electrons. The van der Waals surface area contributed by atoms with Gasteiger partial charge in [-0.25, -0.2) is 9.78 Å². The largest absolute Gasteiger partial charge is 0.478 e. The molecule has 4 heteroatoms. The second kappa shape index (κ2) is 6.37. The van der Waals surface area contributed by atoms with Gasteiger partial charge in [0.25, 0.3) is 0 Å². The minimum atomic E-state index is -0.964. The summed E-state index contributed by atoms with van der Waals surface area (Å²) < 4.78 is 0. The molecule has 0 bridgehead atoms. The molecule has 0 amide bonds. The van der Waals surface area contributed by atoms with E-state index in [0.717, 1.165) is 32.8 Å². The van der Waals surface area contributed by atoms with Gasteiger partial charge in [0.1, 0.15) is 5.01 Å². The van der Waals surface area contributed by atoms with Crippen LogP contribution >= 0.6 is 11.3 Å². The van der Waals surface area contributed by atoms with Crippen molar-refractivity contribution in [2.24, 2.45) is 0 Å². The van der Waals surface area contributed by atoms with Gasteiger partial charge in [0, 0.05) is 17.2 Å². The molecule has 108 valence electrons. The standard InChI is InChI=1S/C18H13NO2S/c20-16(21)12-11-15-17(13-7-3-1-4-8-13)19-18(22-15)14-9-5-2-6-10-14/h1-12H,(H,20,21). The van der Waals surface area contributed by atoms with Gasteiger partial charge in [-0.05, 0) is 6.08 Å². The van der Waals surface area contributed by atoms with Crippen LogP contribution in [0.4, 0.5) is 0 Å². The molecule has 0 aliphatic carbocycles. The Bertz CT molecular complexity index is 808. The third-order valence-corrected chi connectivity index (χ3v) is 4.17. The average Bonchev–Trinajstić information content (AvgIpc) is 2.99. The predicted octanol–water partition coefficient (Wildman–Crippen LogP) is 4.57. The fourth-order valence-electron chi connectivity index (χ4n) is 2.10. The van der Waals surface area contributed by atoms with Gasteiger partial charge in [0.2, 0.25) is 0 Å². The van der Waals surface area contributed by atoms with E-state index < -0.39 is 5.97 Å². The molecule has 0 aliphatic rings. The quantitative estimate of drug-likeness (QED) is 0.718. The average molecular weight is 307 g/mol. The molecule has 3 nitrogen and oxygen atoms in total. The molecule has 1 aromatic heterocycles. The Labute approximate surface area is 132 Å². The van der Waals surface area contributed by atoms with E-state index in [-0.39, 0.29) is 0 Å². The van der Waals surface area contributed by atoms with Gasteiger partial charge in [-0.3, -0.25) is 0 Å². The number of aromatic nitrogens is 1. The first kappa shape index (κ1) is 14.2. The van der Waals surface area contributed by atoms with Gasteiger partial charge in [0.15, 0.2) is 0 Å². The Kier molecular flexibility index (Phi) is 4.12. The summed E-state index contributed by atoms with van der Waals surface area (Å²) in [5, 5.41) is 9.74. The minimum Gasteiger partial charge on any atom is -0.478 e. The van der Waals surface area contributed by atoms with E-state index in [9.17, 15) is 4.79 Å². The number of benzene rings is 2. The summed E-state index contributed by atoms with van der Waals surface area (Å²) in [6.07, 6.45) is 2.75. The van der Waals surface area contributed by atoms with E-state index >= 15 is 0 Å². The summed E-state index contributed by atoms with van der Waals surface area (Å²) >= 11 is 1.49. The number of carboxylic acids is 1. The smallest absolute Gasteiger partial charge is 0.328 e. The molecule has 1 N–H and O–H groups in total. The van der Waals surface area contributed by atoms with Crippen LogP contribution in [-0.2, 0) is 4.79 Å². The molecular weight excluding hydrogens is 294 g/mol. The topological polar surface area (TPSA) is 50.2 Å². The van der Waals surface area contributed by atoms with Crippen LogP contribution in [0.1, 0.15) is 4.88 Å². The molecule has 0 atom stereocenters. The number of carboxylic acid groups (broad SMARTS) is 1. The van der Waals surface area contributed by atoms with Crippen molar-refractivity contribution in [2.45, 2.75) is 0 Å². The van der Waals surface area contributed by atoms with Gasteiger partial charge in [-0.15, -0.1) is 11.3 Å². The predicted molar refractivity (Wildman–Crippen MR) is 89.7 cm³/mol. The van der Waals surface area contributed by atoms with Crippen LogP contribution in [0.5, 0.6) is 0 Å². The molecule has 1 heterocycles. The van der Waals surface area contributed by atoms with E-state index in [4.69, 9.17) is 10.1 Å². The molecule has 0 aliphatic heterocycles. The van der Waals surface area contributed by atoms with Crippen molar-refractivity contribution in [3.8, 4) is 21.8 Å². The number of carbonyl (C=O) groups is 1. The van der Waals surface area contributed by atoms with Crippen molar-refractivity contribution in [3.05, 3.63) is 71.6 Å². The molecular formula is C18H13NO2S. The first-order valence-electron chi connectivity index (χ1n) is 6.77. The van der Waals surface area contributed by atoms with Crippen molar-refractivity contribution in [1.29, 1.82) is 0 Å². The number of aliphatic carboxylic acids is 1. The summed E-state index contributed by atoms with van der Waals surface area (Å²) in [4.78, 5) is 16.3. The van der Waals surface area contributed by atoms with Crippen molar-refractivity contribution in [3.63, 3.8) is 0 Å². The van der Waals surface area contributed by atoms with E-state index in [1.807, 2.05) is 60.7 Å². The summed E-state index contributed by atoms with van der Waals surface area (Å²) in [6, 6.07) is 19.7. The summed E-state index contributed by atoms with van der Waals surface area (Å²) in [6.45, 7) is 0. The Morgan fingerprint density at radius 1 is 0.955 bits per heavy atom. The van der Waals surface area contributed by atoms with Crippen LogP contribution in [0.25, 0.3) is 27.9 Å². The highest BCUT2D eigenvalue weighted by Crippen LogP contribution is 2.34. The third kappa shape index (κ3) is 3.13. The lowest BCUT2D eigenvalue weighted by Crippen LogP contribution is -1.86. The lowest BCUT2D eigenvalue weighted by molar-refractivity contribution is -0.131. The van der Waals surface area contributed by atoms with Crippen molar-refractivity contribution >= 4 is 23.4 Å². The number of hydrogen-bond donors (Lipinski definition) is 1. The van der Waals surface area contributed by atoms with Crippen LogP contribution in [0, 0.1) is 0 Å². The number of thiazole rings is 1. The maximum absolute atomic E-state index is 10.8. The number of nitrogens with zero attached hydrogens (tertiary/aromatic N) is 1. The van der Waals surface area contributed by atoms with Crippen LogP contribution in [0.15, 0.2) is 66.7 Å². The van der Waals surface area contributed by atoms with Gasteiger partial charge >= 0.3 is 5.97 Å². The zero-order valence-corrected chi connectivity index (χ0v) is 12.5. The normalized spacial score (nSPS) is 10.9. The van der Waals surface area contributed by atoms with Crippen LogP contribution in [0.3, 0.4) is 0 Å². The minimum absolute atomic E-state index is 0.807. The maximum Gasteiger partial charge on any atom is 0.328 e. The molecule has 22 heavy (non-hydrogen) atoms. The molecule has 0 spiro atoms. The first-order chi connectivity index (χ1) is 10.7. The Balaban J connectivity index is 2.11. The fourth-order valence-corrected chi connectivity index (χ4v) is 3.09. The fraction of sp³-hybridized carbons (Fsp3) is 0. The number of hydrogen-bond acceptors (Lipinski definition) is 3. The molecule has 0 fully saturated rings. The van der Waals surface area contributed by atoms with Gasteiger partial charge in [0.05, 0.1) is 10.6 Å². The molecule has 3 rings (SSSR count). The maximum atomic E-state index is 10.8. The molecule has 0 unspecified atom stereocenters. The lowest BCUT2D eigenvalue weighted by Gasteiger charge is -1.97.